The van der Waals surface area contributed by atoms with E-state index in [1.54, 1.807) is 0 Å². The van der Waals surface area contributed by atoms with Gasteiger partial charge < -0.3 is 27.3 Å². The van der Waals surface area contributed by atoms with Crippen LogP contribution in [0.3, 0.4) is 0 Å². The van der Waals surface area contributed by atoms with E-state index in [0.29, 0.717) is 0 Å². The van der Waals surface area contributed by atoms with E-state index in [-0.39, 0.29) is 31.1 Å². The minimum Gasteiger partial charge on any atom is -0.759 e. The van der Waals surface area contributed by atoms with Crippen LogP contribution in [0.5, 0.6) is 0 Å². The Morgan fingerprint density at radius 1 is 0.438 bits per heavy atom. The zero-order valence-corrected chi connectivity index (χ0v) is 13.2. The summed E-state index contributed by atoms with van der Waals surface area (Å²) in [7, 11) is -15.5. The Hall–Kier alpha value is 0.662. The van der Waals surface area contributed by atoms with Crippen molar-refractivity contribution in [1.29, 1.82) is 0 Å². The second-order valence-corrected chi connectivity index (χ2v) is 3.67. The van der Waals surface area contributed by atoms with Crippen molar-refractivity contribution in [2.45, 2.75) is 0 Å². The Labute approximate surface area is 114 Å². The first kappa shape index (κ1) is 25.5. The fraction of sp³-hybridized carbons (Fsp3) is 0. The van der Waals surface area contributed by atoms with Crippen molar-refractivity contribution in [3.8, 4) is 0 Å². The third-order valence-corrected chi connectivity index (χ3v) is 0. The van der Waals surface area contributed by atoms with Crippen LogP contribution >= 0.6 is 0 Å². The predicted octanol–water partition coefficient (Wildman–Crippen LogP) is -4.01. The Balaban J connectivity index is -0.0000000655. The molecule has 12 nitrogen and oxygen atoms in total. The predicted molar refractivity (Wildman–Crippen MR) is 31.4 cm³/mol. The summed E-state index contributed by atoms with van der Waals surface area (Å²) in [6.45, 7) is 0. The molecule has 100 valence electrons. The first-order chi connectivity index (χ1) is 6.00. The van der Waals surface area contributed by atoms with E-state index in [0.717, 1.165) is 0 Å². The second-order valence-electron chi connectivity index (χ2n) is 1.22. The molecule has 16 heavy (non-hydrogen) atoms. The zero-order chi connectivity index (χ0) is 13.5. The largest absolute Gasteiger partial charge is 0.759 e. The molecule has 0 radical (unpaired) electrons. The summed E-state index contributed by atoms with van der Waals surface area (Å²) in [4.78, 5) is 0. The molecule has 0 aromatic heterocycles. The normalized spacial score (nSPS) is 10.9. The molecule has 0 N–H and O–H groups in total. The summed E-state index contributed by atoms with van der Waals surface area (Å²) in [6.07, 6.45) is 0. The van der Waals surface area contributed by atoms with E-state index in [4.69, 9.17) is 52.6 Å². The minimum absolute atomic E-state index is 0. The molecule has 0 amide bonds. The van der Waals surface area contributed by atoms with Gasteiger partial charge in [-0.25, -0.2) is 0 Å². The Morgan fingerprint density at radius 3 is 0.438 bits per heavy atom. The summed E-state index contributed by atoms with van der Waals surface area (Å²) in [5.74, 6) is 0. The maximum Gasteiger partial charge on any atom is 0.0311 e. The van der Waals surface area contributed by atoms with E-state index in [9.17, 15) is 0 Å². The summed E-state index contributed by atoms with van der Waals surface area (Å²) in [5, 5.41) is 0. The van der Waals surface area contributed by atoms with Crippen molar-refractivity contribution in [3.05, 3.63) is 0 Å². The number of hydrogen-bond donors (Lipinski definition) is 0. The molecule has 0 aliphatic heterocycles. The monoisotopic (exact) mass is 526 g/mol. The van der Waals surface area contributed by atoms with Crippen LogP contribution in [0.2, 0.25) is 0 Å². The van der Waals surface area contributed by atoms with Gasteiger partial charge in [-0.15, -0.1) is 0 Å². The van der Waals surface area contributed by atoms with Gasteiger partial charge in [0.1, 0.15) is 0 Å². The summed E-state index contributed by atoms with van der Waals surface area (Å²) in [5.41, 5.74) is 0. The number of hydrogen-bond acceptors (Lipinski definition) is 12. The molecule has 0 saturated carbocycles. The molecule has 0 saturated heterocycles. The molecule has 0 aliphatic carbocycles. The SMILES string of the molecule is O=S(=O)([O-])[O-].O=S(=O)([O-])[O-].O=S(=O)([O-])[O-].[U]. The van der Waals surface area contributed by atoms with Crippen LogP contribution in [0, 0.1) is 31.1 Å². The van der Waals surface area contributed by atoms with Crippen LogP contribution in [-0.2, 0) is 31.2 Å². The average molecular weight is 526 g/mol. The van der Waals surface area contributed by atoms with Gasteiger partial charge in [0.2, 0.25) is 0 Å². The van der Waals surface area contributed by atoms with E-state index < -0.39 is 31.2 Å². The maximum absolute atomic E-state index is 8.52. The molecule has 0 unspecified atom stereocenters. The molecule has 0 bridgehead atoms. The van der Waals surface area contributed by atoms with Crippen molar-refractivity contribution in [2.24, 2.45) is 0 Å². The molecule has 0 rings (SSSR count). The summed E-state index contributed by atoms with van der Waals surface area (Å²) < 4.78 is 102. The molecule has 0 spiro atoms. The number of rotatable bonds is 0. The summed E-state index contributed by atoms with van der Waals surface area (Å²) >= 11 is 0. The fourth-order valence-electron chi connectivity index (χ4n) is 0. The van der Waals surface area contributed by atoms with Crippen LogP contribution in [0.25, 0.3) is 0 Å². The van der Waals surface area contributed by atoms with Crippen LogP contribution in [0.15, 0.2) is 0 Å². The van der Waals surface area contributed by atoms with Gasteiger partial charge in [0, 0.05) is 62.3 Å². The van der Waals surface area contributed by atoms with E-state index in [1.807, 2.05) is 0 Å². The van der Waals surface area contributed by atoms with Gasteiger partial charge in [0.15, 0.2) is 0 Å². The third kappa shape index (κ3) is 6250. The molecule has 0 atom stereocenters. The average Bonchev–Trinajstić information content (AvgIpc) is 1.41. The molecule has 0 heterocycles. The van der Waals surface area contributed by atoms with Crippen LogP contribution < -0.4 is 0 Å². The standard InChI is InChI=1S/3H2O4S.U/c3*1-5(2,3)4;/h3*(H2,1,2,3,4);/p-6. The summed E-state index contributed by atoms with van der Waals surface area (Å²) in [6, 6.07) is 0. The van der Waals surface area contributed by atoms with Gasteiger partial charge in [-0.1, -0.05) is 0 Å². The first-order valence-electron chi connectivity index (χ1n) is 2.00. The van der Waals surface area contributed by atoms with E-state index in [1.165, 1.54) is 0 Å². The van der Waals surface area contributed by atoms with Crippen molar-refractivity contribution < 1.29 is 83.7 Å². The van der Waals surface area contributed by atoms with E-state index >= 15 is 0 Å². The molecule has 0 aromatic rings. The quantitative estimate of drug-likeness (QED) is 0.217. The van der Waals surface area contributed by atoms with Crippen LogP contribution in [-0.4, -0.2) is 52.6 Å². The second kappa shape index (κ2) is 9.67. The Bertz CT molecular complexity index is 337. The molecular weight excluding hydrogens is 526 g/mol. The van der Waals surface area contributed by atoms with Crippen molar-refractivity contribution in [3.63, 3.8) is 0 Å². The Morgan fingerprint density at radius 2 is 0.438 bits per heavy atom. The third-order valence-electron chi connectivity index (χ3n) is 0. The smallest absolute Gasteiger partial charge is 0.0311 e. The van der Waals surface area contributed by atoms with Crippen molar-refractivity contribution in [1.82, 2.24) is 0 Å². The molecule has 0 aliphatic rings. The van der Waals surface area contributed by atoms with Gasteiger partial charge >= 0.3 is 0 Å². The Kier molecular flexibility index (Phi) is 15.4. The molecule has 0 aromatic carbocycles. The fourth-order valence-corrected chi connectivity index (χ4v) is 0. The van der Waals surface area contributed by atoms with Crippen LogP contribution in [0.1, 0.15) is 0 Å². The van der Waals surface area contributed by atoms with Gasteiger partial charge in [-0.3, -0.25) is 25.3 Å². The zero-order valence-electron chi connectivity index (χ0n) is 6.62. The topological polar surface area (TPSA) is 241 Å². The molecule has 0 fully saturated rings. The maximum atomic E-state index is 8.52. The van der Waals surface area contributed by atoms with Crippen molar-refractivity contribution >= 4 is 31.2 Å². The van der Waals surface area contributed by atoms with Crippen molar-refractivity contribution in [2.75, 3.05) is 0 Å². The molecule has 16 heteroatoms. The molecular formula is O12S3U-6. The van der Waals surface area contributed by atoms with Gasteiger partial charge in [0.05, 0.1) is 0 Å². The van der Waals surface area contributed by atoms with Crippen LogP contribution in [0.4, 0.5) is 0 Å². The van der Waals surface area contributed by atoms with Gasteiger partial charge in [-0.2, -0.15) is 0 Å². The first-order valence-corrected chi connectivity index (χ1v) is 6.00. The van der Waals surface area contributed by atoms with E-state index in [2.05, 4.69) is 0 Å². The van der Waals surface area contributed by atoms with Gasteiger partial charge in [0.25, 0.3) is 0 Å². The van der Waals surface area contributed by atoms with Gasteiger partial charge in [-0.05, 0) is 0 Å². The minimum atomic E-state index is -5.17.